The van der Waals surface area contributed by atoms with Crippen LogP contribution in [-0.4, -0.2) is 17.2 Å². The van der Waals surface area contributed by atoms with Gasteiger partial charge < -0.3 is 9.84 Å². The van der Waals surface area contributed by atoms with E-state index in [0.29, 0.717) is 18.1 Å². The van der Waals surface area contributed by atoms with E-state index in [1.165, 1.54) is 5.56 Å². The second-order valence-corrected chi connectivity index (χ2v) is 6.74. The van der Waals surface area contributed by atoms with E-state index in [4.69, 9.17) is 4.74 Å². The summed E-state index contributed by atoms with van der Waals surface area (Å²) in [5.41, 5.74) is 3.24. The lowest BCUT2D eigenvalue weighted by atomic mass is 9.99. The third-order valence-electron chi connectivity index (χ3n) is 4.15. The Bertz CT molecular complexity index is 672. The zero-order valence-electron chi connectivity index (χ0n) is 14.8. The molecule has 0 bridgehead atoms. The van der Waals surface area contributed by atoms with Crippen LogP contribution in [0.15, 0.2) is 48.5 Å². The topological polar surface area (TPSA) is 46.5 Å². The van der Waals surface area contributed by atoms with E-state index in [1.807, 2.05) is 36.4 Å². The van der Waals surface area contributed by atoms with Gasteiger partial charge in [-0.3, -0.25) is 0 Å². The number of benzene rings is 2. The predicted molar refractivity (Wildman–Crippen MR) is 96.8 cm³/mol. The second kappa shape index (κ2) is 8.00. The van der Waals surface area contributed by atoms with E-state index >= 15 is 0 Å². The van der Waals surface area contributed by atoms with Crippen LogP contribution in [0.5, 0.6) is 5.75 Å². The summed E-state index contributed by atoms with van der Waals surface area (Å²) in [7, 11) is 0. The Labute approximate surface area is 144 Å². The molecule has 0 spiro atoms. The van der Waals surface area contributed by atoms with Crippen molar-refractivity contribution in [2.45, 2.75) is 52.1 Å². The zero-order valence-corrected chi connectivity index (χ0v) is 14.8. The highest BCUT2D eigenvalue weighted by Crippen LogP contribution is 2.27. The largest absolute Gasteiger partial charge is 0.478 e. The van der Waals surface area contributed by atoms with Crippen LogP contribution in [0.1, 0.15) is 56.2 Å². The Morgan fingerprint density at radius 3 is 2.12 bits per heavy atom. The number of carboxylic acids is 1. The van der Waals surface area contributed by atoms with Gasteiger partial charge in [0, 0.05) is 6.42 Å². The summed E-state index contributed by atoms with van der Waals surface area (Å²) < 4.78 is 5.85. The minimum absolute atomic E-state index is 0.279. The summed E-state index contributed by atoms with van der Waals surface area (Å²) >= 11 is 0. The molecule has 3 heteroatoms. The molecule has 2 rings (SSSR count). The van der Waals surface area contributed by atoms with E-state index in [0.717, 1.165) is 11.1 Å². The fraction of sp³-hybridized carbons (Fsp3) is 0.381. The summed E-state index contributed by atoms with van der Waals surface area (Å²) in [6.45, 7) is 8.42. The maximum absolute atomic E-state index is 11.6. The molecule has 0 aliphatic carbocycles. The molecular weight excluding hydrogens is 300 g/mol. The van der Waals surface area contributed by atoms with Gasteiger partial charge in [-0.25, -0.2) is 4.79 Å². The molecule has 0 heterocycles. The molecule has 1 atom stereocenters. The molecule has 0 amide bonds. The Morgan fingerprint density at radius 2 is 1.58 bits per heavy atom. The summed E-state index contributed by atoms with van der Waals surface area (Å²) in [6, 6.07) is 15.7. The summed E-state index contributed by atoms with van der Waals surface area (Å²) in [6.07, 6.45) is -0.546. The Hall–Kier alpha value is -2.29. The highest BCUT2D eigenvalue weighted by atomic mass is 16.5. The molecular formula is C21H26O3. The van der Waals surface area contributed by atoms with E-state index in [2.05, 4.69) is 39.8 Å². The Morgan fingerprint density at radius 1 is 0.958 bits per heavy atom. The number of hydrogen-bond acceptors (Lipinski definition) is 2. The minimum Gasteiger partial charge on any atom is -0.478 e. The average molecular weight is 326 g/mol. The molecule has 2 aromatic carbocycles. The first-order valence-corrected chi connectivity index (χ1v) is 8.45. The third-order valence-corrected chi connectivity index (χ3v) is 4.15. The molecule has 0 aliphatic rings. The van der Waals surface area contributed by atoms with Crippen molar-refractivity contribution < 1.29 is 14.6 Å². The standard InChI is InChI=1S/C21H26O3/c1-14(2)17-11-9-16(10-12-17)13-20(21(22)23)24-19-8-6-5-7-18(19)15(3)4/h5-12,14-15,20H,13H2,1-4H3,(H,22,23)/t20-/m0/s1. The van der Waals surface area contributed by atoms with Gasteiger partial charge in [-0.2, -0.15) is 0 Å². The number of ether oxygens (including phenoxy) is 1. The number of rotatable bonds is 7. The molecule has 2 aromatic rings. The smallest absolute Gasteiger partial charge is 0.345 e. The van der Waals surface area contributed by atoms with Crippen molar-refractivity contribution >= 4 is 5.97 Å². The minimum atomic E-state index is -0.943. The van der Waals surface area contributed by atoms with Crippen molar-refractivity contribution in [2.75, 3.05) is 0 Å². The van der Waals surface area contributed by atoms with Gasteiger partial charge in [0.2, 0.25) is 0 Å². The van der Waals surface area contributed by atoms with Gasteiger partial charge in [0.05, 0.1) is 0 Å². The van der Waals surface area contributed by atoms with Crippen LogP contribution in [0, 0.1) is 0 Å². The average Bonchev–Trinajstić information content (AvgIpc) is 2.55. The number of aliphatic carboxylic acids is 1. The lowest BCUT2D eigenvalue weighted by molar-refractivity contribution is -0.145. The molecule has 1 N–H and O–H groups in total. The van der Waals surface area contributed by atoms with E-state index in [-0.39, 0.29) is 5.92 Å². The van der Waals surface area contributed by atoms with Crippen LogP contribution in [0.25, 0.3) is 0 Å². The van der Waals surface area contributed by atoms with Gasteiger partial charge >= 0.3 is 5.97 Å². The normalized spacial score (nSPS) is 12.4. The molecule has 0 radical (unpaired) electrons. The van der Waals surface area contributed by atoms with E-state index in [1.54, 1.807) is 0 Å². The van der Waals surface area contributed by atoms with Gasteiger partial charge in [-0.05, 0) is 34.6 Å². The Kier molecular flexibility index (Phi) is 6.02. The fourth-order valence-electron chi connectivity index (χ4n) is 2.65. The molecule has 0 aliphatic heterocycles. The zero-order chi connectivity index (χ0) is 17.7. The van der Waals surface area contributed by atoms with Crippen molar-refractivity contribution in [3.05, 3.63) is 65.2 Å². The number of carbonyl (C=O) groups is 1. The van der Waals surface area contributed by atoms with Crippen LogP contribution in [-0.2, 0) is 11.2 Å². The molecule has 24 heavy (non-hydrogen) atoms. The van der Waals surface area contributed by atoms with Gasteiger partial charge in [0.15, 0.2) is 6.10 Å². The molecule has 0 unspecified atom stereocenters. The van der Waals surface area contributed by atoms with Crippen molar-refractivity contribution in [1.82, 2.24) is 0 Å². The first kappa shape index (κ1) is 18.1. The van der Waals surface area contributed by atoms with Gasteiger partial charge in [-0.15, -0.1) is 0 Å². The quantitative estimate of drug-likeness (QED) is 0.778. The number of para-hydroxylation sites is 1. The van der Waals surface area contributed by atoms with Crippen LogP contribution in [0.2, 0.25) is 0 Å². The summed E-state index contributed by atoms with van der Waals surface area (Å²) in [5.74, 6) is 0.449. The molecule has 0 aromatic heterocycles. The maximum Gasteiger partial charge on any atom is 0.345 e. The van der Waals surface area contributed by atoms with E-state index < -0.39 is 12.1 Å². The maximum atomic E-state index is 11.6. The molecule has 0 fully saturated rings. The van der Waals surface area contributed by atoms with Crippen LogP contribution < -0.4 is 4.74 Å². The molecule has 128 valence electrons. The van der Waals surface area contributed by atoms with Gasteiger partial charge in [-0.1, -0.05) is 70.2 Å². The summed E-state index contributed by atoms with van der Waals surface area (Å²) in [5, 5.41) is 9.54. The van der Waals surface area contributed by atoms with Crippen LogP contribution in [0.3, 0.4) is 0 Å². The Balaban J connectivity index is 2.17. The van der Waals surface area contributed by atoms with Crippen molar-refractivity contribution in [3.8, 4) is 5.75 Å². The first-order chi connectivity index (χ1) is 11.4. The first-order valence-electron chi connectivity index (χ1n) is 8.45. The van der Waals surface area contributed by atoms with Gasteiger partial charge in [0.25, 0.3) is 0 Å². The van der Waals surface area contributed by atoms with Crippen molar-refractivity contribution in [3.63, 3.8) is 0 Å². The molecule has 3 nitrogen and oxygen atoms in total. The van der Waals surface area contributed by atoms with Crippen LogP contribution in [0.4, 0.5) is 0 Å². The summed E-state index contributed by atoms with van der Waals surface area (Å²) in [4.78, 5) is 11.6. The number of carboxylic acid groups (broad SMARTS) is 1. The monoisotopic (exact) mass is 326 g/mol. The second-order valence-electron chi connectivity index (χ2n) is 6.74. The SMILES string of the molecule is CC(C)c1ccc(C[C@H](Oc2ccccc2C(C)C)C(=O)O)cc1. The lowest BCUT2D eigenvalue weighted by Gasteiger charge is -2.19. The highest BCUT2D eigenvalue weighted by molar-refractivity contribution is 5.73. The van der Waals surface area contributed by atoms with Crippen molar-refractivity contribution in [2.24, 2.45) is 0 Å². The van der Waals surface area contributed by atoms with E-state index in [9.17, 15) is 9.90 Å². The number of hydrogen-bond donors (Lipinski definition) is 1. The third kappa shape index (κ3) is 4.60. The van der Waals surface area contributed by atoms with Crippen molar-refractivity contribution in [1.29, 1.82) is 0 Å². The highest BCUT2D eigenvalue weighted by Gasteiger charge is 2.22. The van der Waals surface area contributed by atoms with Crippen LogP contribution >= 0.6 is 0 Å². The predicted octanol–water partition coefficient (Wildman–Crippen LogP) is 5.01. The lowest BCUT2D eigenvalue weighted by Crippen LogP contribution is -2.29. The molecule has 0 saturated carbocycles. The van der Waals surface area contributed by atoms with Gasteiger partial charge in [0.1, 0.15) is 5.75 Å². The molecule has 0 saturated heterocycles. The fourth-order valence-corrected chi connectivity index (χ4v) is 2.65.